The molecule has 20 heavy (non-hydrogen) atoms. The third-order valence-electron chi connectivity index (χ3n) is 3.03. The van der Waals surface area contributed by atoms with Gasteiger partial charge in [0.2, 0.25) is 0 Å². The second-order valence-corrected chi connectivity index (χ2v) is 5.34. The molecule has 1 heterocycles. The summed E-state index contributed by atoms with van der Waals surface area (Å²) in [7, 11) is 1.65. The van der Waals surface area contributed by atoms with Gasteiger partial charge in [0.15, 0.2) is 0 Å². The molecule has 0 saturated carbocycles. The quantitative estimate of drug-likeness (QED) is 0.884. The Morgan fingerprint density at radius 2 is 2.10 bits per heavy atom. The molecule has 5 heteroatoms. The van der Waals surface area contributed by atoms with Gasteiger partial charge in [-0.2, -0.15) is 0 Å². The van der Waals surface area contributed by atoms with Crippen LogP contribution in [0.15, 0.2) is 41.8 Å². The van der Waals surface area contributed by atoms with Crippen molar-refractivity contribution in [2.24, 2.45) is 0 Å². The number of thiophene rings is 1. The maximum absolute atomic E-state index is 11.8. The van der Waals surface area contributed by atoms with Crippen molar-refractivity contribution < 1.29 is 9.53 Å². The Balaban J connectivity index is 1.91. The third-order valence-corrected chi connectivity index (χ3v) is 3.81. The van der Waals surface area contributed by atoms with Crippen molar-refractivity contribution in [2.75, 3.05) is 19.0 Å². The number of ether oxygens (including phenoxy) is 1. The number of benzene rings is 1. The van der Waals surface area contributed by atoms with Crippen LogP contribution in [0, 0.1) is 6.92 Å². The van der Waals surface area contributed by atoms with E-state index in [-0.39, 0.29) is 12.1 Å². The molecule has 0 aliphatic rings. The van der Waals surface area contributed by atoms with Crippen LogP contribution >= 0.6 is 11.3 Å². The Bertz CT molecular complexity index is 555. The molecule has 0 radical (unpaired) electrons. The van der Waals surface area contributed by atoms with E-state index < -0.39 is 0 Å². The number of hydrogen-bond donors (Lipinski definition) is 2. The normalized spacial score (nSPS) is 11.9. The van der Waals surface area contributed by atoms with Gasteiger partial charge in [-0.15, -0.1) is 11.3 Å². The van der Waals surface area contributed by atoms with Gasteiger partial charge in [0.1, 0.15) is 0 Å². The molecule has 2 aromatic rings. The average molecular weight is 290 g/mol. The van der Waals surface area contributed by atoms with E-state index in [0.717, 1.165) is 16.1 Å². The van der Waals surface area contributed by atoms with Crippen LogP contribution in [-0.4, -0.2) is 19.7 Å². The number of carbonyl (C=O) groups excluding carboxylic acids is 1. The summed E-state index contributed by atoms with van der Waals surface area (Å²) in [6.07, 6.45) is -0.148. The highest BCUT2D eigenvalue weighted by atomic mass is 32.1. The average Bonchev–Trinajstić information content (AvgIpc) is 2.94. The minimum atomic E-state index is -0.219. The topological polar surface area (TPSA) is 50.4 Å². The van der Waals surface area contributed by atoms with E-state index in [9.17, 15) is 4.79 Å². The zero-order chi connectivity index (χ0) is 14.4. The molecule has 0 unspecified atom stereocenters. The lowest BCUT2D eigenvalue weighted by atomic mass is 10.0. The summed E-state index contributed by atoms with van der Waals surface area (Å²) < 4.78 is 5.46. The van der Waals surface area contributed by atoms with Gasteiger partial charge in [0, 0.05) is 13.7 Å². The number of methoxy groups -OCH3 is 1. The number of carbonyl (C=O) groups is 1. The molecule has 0 fully saturated rings. The van der Waals surface area contributed by atoms with Crippen molar-refractivity contribution in [1.82, 2.24) is 5.32 Å². The fraction of sp³-hybridized carbons (Fsp3) is 0.267. The summed E-state index contributed by atoms with van der Waals surface area (Å²) in [5.41, 5.74) is 2.24. The molecular formula is C15H18N2O2S. The molecule has 0 spiro atoms. The molecule has 1 aromatic heterocycles. The van der Waals surface area contributed by atoms with E-state index in [4.69, 9.17) is 4.74 Å². The second-order valence-electron chi connectivity index (χ2n) is 4.39. The van der Waals surface area contributed by atoms with E-state index >= 15 is 0 Å². The summed E-state index contributed by atoms with van der Waals surface area (Å²) >= 11 is 1.49. The predicted octanol–water partition coefficient (Wildman–Crippen LogP) is 3.57. The smallest absolute Gasteiger partial charge is 0.319 e. The Morgan fingerprint density at radius 1 is 1.30 bits per heavy atom. The summed E-state index contributed by atoms with van der Waals surface area (Å²) in [5, 5.41) is 8.35. The van der Waals surface area contributed by atoms with Crippen molar-refractivity contribution in [3.8, 4) is 0 Å². The number of aryl methyl sites for hydroxylation is 1. The Morgan fingerprint density at radius 3 is 2.75 bits per heavy atom. The van der Waals surface area contributed by atoms with Crippen molar-refractivity contribution in [2.45, 2.75) is 13.0 Å². The van der Waals surface area contributed by atoms with Gasteiger partial charge in [-0.25, -0.2) is 4.79 Å². The molecule has 0 aliphatic carbocycles. The van der Waals surface area contributed by atoms with Crippen molar-refractivity contribution in [1.29, 1.82) is 0 Å². The number of hydrogen-bond acceptors (Lipinski definition) is 3. The van der Waals surface area contributed by atoms with Crippen LogP contribution in [0.2, 0.25) is 0 Å². The number of urea groups is 1. The molecule has 0 bridgehead atoms. The van der Waals surface area contributed by atoms with Gasteiger partial charge in [0.05, 0.1) is 11.1 Å². The lowest BCUT2D eigenvalue weighted by Gasteiger charge is -2.18. The predicted molar refractivity (Wildman–Crippen MR) is 82.3 cm³/mol. The van der Waals surface area contributed by atoms with Gasteiger partial charge in [-0.1, -0.05) is 24.3 Å². The molecule has 2 rings (SSSR count). The van der Waals surface area contributed by atoms with E-state index in [1.54, 1.807) is 7.11 Å². The van der Waals surface area contributed by atoms with Crippen LogP contribution in [0.3, 0.4) is 0 Å². The standard InChI is InChI=1S/C15H18N2O2S/c1-11-6-3-4-7-12(11)13(19-2)10-16-15(18)17-14-8-5-9-20-14/h3-9,13H,10H2,1-2H3,(H2,16,17,18)/t13-/m1/s1. The lowest BCUT2D eigenvalue weighted by Crippen LogP contribution is -2.32. The van der Waals surface area contributed by atoms with Crippen LogP contribution < -0.4 is 10.6 Å². The van der Waals surface area contributed by atoms with Gasteiger partial charge in [-0.05, 0) is 35.6 Å². The summed E-state index contributed by atoms with van der Waals surface area (Å²) in [4.78, 5) is 11.8. The minimum absolute atomic E-state index is 0.148. The number of rotatable bonds is 5. The van der Waals surface area contributed by atoms with Crippen LogP contribution in [0.1, 0.15) is 17.2 Å². The van der Waals surface area contributed by atoms with E-state index in [1.165, 1.54) is 11.3 Å². The van der Waals surface area contributed by atoms with Gasteiger partial charge in [0.25, 0.3) is 0 Å². The Hall–Kier alpha value is -1.85. The van der Waals surface area contributed by atoms with Crippen molar-refractivity contribution in [3.63, 3.8) is 0 Å². The molecule has 0 saturated heterocycles. The molecule has 1 atom stereocenters. The fourth-order valence-electron chi connectivity index (χ4n) is 1.96. The van der Waals surface area contributed by atoms with E-state index in [2.05, 4.69) is 10.6 Å². The summed E-state index contributed by atoms with van der Waals surface area (Å²) in [6.45, 7) is 2.46. The first kappa shape index (κ1) is 14.6. The third kappa shape index (κ3) is 3.82. The highest BCUT2D eigenvalue weighted by molar-refractivity contribution is 7.14. The summed E-state index contributed by atoms with van der Waals surface area (Å²) in [6, 6.07) is 11.5. The zero-order valence-corrected chi connectivity index (χ0v) is 12.4. The molecule has 2 amide bonds. The maximum atomic E-state index is 11.8. The molecular weight excluding hydrogens is 272 g/mol. The van der Waals surface area contributed by atoms with Crippen molar-refractivity contribution in [3.05, 3.63) is 52.9 Å². The molecule has 0 aliphatic heterocycles. The Kier molecular flexibility index (Phi) is 5.15. The maximum Gasteiger partial charge on any atom is 0.319 e. The van der Waals surface area contributed by atoms with Crippen LogP contribution in [0.25, 0.3) is 0 Å². The number of nitrogens with one attached hydrogen (secondary N) is 2. The fourth-order valence-corrected chi connectivity index (χ4v) is 2.57. The van der Waals surface area contributed by atoms with E-state index in [1.807, 2.05) is 48.7 Å². The highest BCUT2D eigenvalue weighted by Crippen LogP contribution is 2.20. The zero-order valence-electron chi connectivity index (χ0n) is 11.6. The first-order valence-electron chi connectivity index (χ1n) is 6.37. The van der Waals surface area contributed by atoms with Crippen LogP contribution in [0.4, 0.5) is 9.80 Å². The first-order chi connectivity index (χ1) is 9.70. The van der Waals surface area contributed by atoms with Crippen molar-refractivity contribution >= 4 is 22.4 Å². The minimum Gasteiger partial charge on any atom is -0.375 e. The first-order valence-corrected chi connectivity index (χ1v) is 7.25. The molecule has 4 nitrogen and oxygen atoms in total. The number of amides is 2. The second kappa shape index (κ2) is 7.07. The molecule has 1 aromatic carbocycles. The summed E-state index contributed by atoms with van der Waals surface area (Å²) in [5.74, 6) is 0. The lowest BCUT2D eigenvalue weighted by molar-refractivity contribution is 0.104. The largest absolute Gasteiger partial charge is 0.375 e. The SMILES string of the molecule is CO[C@H](CNC(=O)Nc1cccs1)c1ccccc1C. The van der Waals surface area contributed by atoms with Gasteiger partial charge in [-0.3, -0.25) is 5.32 Å². The Labute approximate surface area is 122 Å². The number of anilines is 1. The van der Waals surface area contributed by atoms with Crippen LogP contribution in [-0.2, 0) is 4.74 Å². The van der Waals surface area contributed by atoms with Gasteiger partial charge >= 0.3 is 6.03 Å². The highest BCUT2D eigenvalue weighted by Gasteiger charge is 2.13. The van der Waals surface area contributed by atoms with E-state index in [0.29, 0.717) is 6.54 Å². The monoisotopic (exact) mass is 290 g/mol. The van der Waals surface area contributed by atoms with Gasteiger partial charge < -0.3 is 10.1 Å². The molecule has 106 valence electrons. The molecule has 2 N–H and O–H groups in total. The van der Waals surface area contributed by atoms with Crippen LogP contribution in [0.5, 0.6) is 0 Å².